The van der Waals surface area contributed by atoms with E-state index in [0.29, 0.717) is 11.2 Å². The summed E-state index contributed by atoms with van der Waals surface area (Å²) in [5.74, 6) is 0.643. The van der Waals surface area contributed by atoms with Crippen molar-refractivity contribution in [2.24, 2.45) is 0 Å². The fourth-order valence-corrected chi connectivity index (χ4v) is 1.70. The first kappa shape index (κ1) is 7.99. The number of rotatable bonds is 1. The van der Waals surface area contributed by atoms with Gasteiger partial charge < -0.3 is 0 Å². The normalized spacial score (nSPS) is 17.5. The third-order valence-electron chi connectivity index (χ3n) is 2.37. The van der Waals surface area contributed by atoms with Crippen molar-refractivity contribution in [1.82, 2.24) is 9.97 Å². The van der Waals surface area contributed by atoms with Crippen LogP contribution in [0.4, 0.5) is 0 Å². The van der Waals surface area contributed by atoms with Gasteiger partial charge >= 0.3 is 0 Å². The molecule has 0 aromatic carbocycles. The Bertz CT molecular complexity index is 274. The second kappa shape index (κ2) is 3.02. The number of nitrogens with zero attached hydrogens (tertiary/aromatic N) is 2. The van der Waals surface area contributed by atoms with Crippen LogP contribution in [-0.2, 0) is 0 Å². The molecule has 0 N–H and O–H groups in total. The van der Waals surface area contributed by atoms with Crippen LogP contribution >= 0.6 is 11.6 Å². The molecule has 0 bridgehead atoms. The summed E-state index contributed by atoms with van der Waals surface area (Å²) >= 11 is 5.75. The third kappa shape index (κ3) is 1.44. The third-order valence-corrected chi connectivity index (χ3v) is 2.54. The molecule has 1 saturated carbocycles. The average Bonchev–Trinajstić information content (AvgIpc) is 1.79. The molecular formula is C9H11ClN2. The molecule has 0 spiro atoms. The molecule has 1 aliphatic rings. The highest BCUT2D eigenvalue weighted by atomic mass is 35.5. The molecule has 1 aliphatic carbocycles. The summed E-state index contributed by atoms with van der Waals surface area (Å²) in [5, 5.41) is 0.386. The van der Waals surface area contributed by atoms with Crippen LogP contribution in [0.5, 0.6) is 0 Å². The van der Waals surface area contributed by atoms with Crippen molar-refractivity contribution in [1.29, 1.82) is 0 Å². The summed E-state index contributed by atoms with van der Waals surface area (Å²) in [6.07, 6.45) is 3.84. The lowest BCUT2D eigenvalue weighted by Gasteiger charge is -2.24. The van der Waals surface area contributed by atoms with Gasteiger partial charge in [0.1, 0.15) is 0 Å². The summed E-state index contributed by atoms with van der Waals surface area (Å²) in [6.45, 7) is 1.95. The molecule has 1 aromatic heterocycles. The van der Waals surface area contributed by atoms with E-state index in [-0.39, 0.29) is 0 Å². The lowest BCUT2D eigenvalue weighted by atomic mass is 9.83. The van der Waals surface area contributed by atoms with E-state index in [1.807, 2.05) is 13.0 Å². The zero-order valence-electron chi connectivity index (χ0n) is 7.05. The SMILES string of the molecule is Cc1cc(C2CCC2)nc(Cl)n1. The van der Waals surface area contributed by atoms with Crippen LogP contribution in [0.2, 0.25) is 5.28 Å². The molecule has 0 atom stereocenters. The Morgan fingerprint density at radius 3 is 2.67 bits per heavy atom. The number of halogens is 1. The molecule has 0 radical (unpaired) electrons. The van der Waals surface area contributed by atoms with Crippen LogP contribution in [-0.4, -0.2) is 9.97 Å². The standard InChI is InChI=1S/C9H11ClN2/c1-6-5-8(7-3-2-4-7)12-9(10)11-6/h5,7H,2-4H2,1H3. The van der Waals surface area contributed by atoms with Crippen molar-refractivity contribution in [3.8, 4) is 0 Å². The van der Waals surface area contributed by atoms with Gasteiger partial charge in [-0.2, -0.15) is 0 Å². The molecular weight excluding hydrogens is 172 g/mol. The van der Waals surface area contributed by atoms with Crippen LogP contribution in [0, 0.1) is 6.92 Å². The molecule has 0 saturated heterocycles. The quantitative estimate of drug-likeness (QED) is 0.625. The summed E-state index contributed by atoms with van der Waals surface area (Å²) < 4.78 is 0. The molecule has 1 aromatic rings. The fraction of sp³-hybridized carbons (Fsp3) is 0.556. The van der Waals surface area contributed by atoms with Crippen molar-refractivity contribution >= 4 is 11.6 Å². The lowest BCUT2D eigenvalue weighted by molar-refractivity contribution is 0.410. The summed E-state index contributed by atoms with van der Waals surface area (Å²) in [5.41, 5.74) is 2.09. The molecule has 1 fully saturated rings. The van der Waals surface area contributed by atoms with Gasteiger partial charge in [0, 0.05) is 17.3 Å². The van der Waals surface area contributed by atoms with E-state index in [1.165, 1.54) is 19.3 Å². The van der Waals surface area contributed by atoms with Gasteiger partial charge in [-0.1, -0.05) is 6.42 Å². The van der Waals surface area contributed by atoms with Crippen molar-refractivity contribution in [2.75, 3.05) is 0 Å². The molecule has 0 amide bonds. The second-order valence-electron chi connectivity index (χ2n) is 3.33. The van der Waals surface area contributed by atoms with Crippen molar-refractivity contribution in [3.05, 3.63) is 22.7 Å². The maximum atomic E-state index is 5.75. The zero-order valence-corrected chi connectivity index (χ0v) is 7.80. The molecule has 2 rings (SSSR count). The van der Waals surface area contributed by atoms with Crippen LogP contribution in [0.3, 0.4) is 0 Å². The summed E-state index contributed by atoms with van der Waals surface area (Å²) in [4.78, 5) is 8.24. The van der Waals surface area contributed by atoms with Gasteiger partial charge in [0.05, 0.1) is 0 Å². The van der Waals surface area contributed by atoms with Crippen molar-refractivity contribution < 1.29 is 0 Å². The molecule has 3 heteroatoms. The van der Waals surface area contributed by atoms with Crippen LogP contribution < -0.4 is 0 Å². The Morgan fingerprint density at radius 2 is 2.17 bits per heavy atom. The van der Waals surface area contributed by atoms with E-state index in [9.17, 15) is 0 Å². The topological polar surface area (TPSA) is 25.8 Å². The van der Waals surface area contributed by atoms with Crippen LogP contribution in [0.15, 0.2) is 6.07 Å². The second-order valence-corrected chi connectivity index (χ2v) is 3.67. The van der Waals surface area contributed by atoms with Gasteiger partial charge in [-0.05, 0) is 37.4 Å². The first-order valence-corrected chi connectivity index (χ1v) is 4.64. The molecule has 12 heavy (non-hydrogen) atoms. The number of hydrogen-bond acceptors (Lipinski definition) is 2. The van der Waals surface area contributed by atoms with Crippen molar-refractivity contribution in [3.63, 3.8) is 0 Å². The Labute approximate surface area is 77.0 Å². The highest BCUT2D eigenvalue weighted by Gasteiger charge is 2.21. The largest absolute Gasteiger partial charge is 0.223 e. The van der Waals surface area contributed by atoms with Gasteiger partial charge in [-0.25, -0.2) is 9.97 Å². The average molecular weight is 183 g/mol. The minimum Gasteiger partial charge on any atom is -0.223 e. The lowest BCUT2D eigenvalue weighted by Crippen LogP contribution is -2.11. The maximum Gasteiger partial charge on any atom is 0.222 e. The predicted octanol–water partition coefficient (Wildman–Crippen LogP) is 2.71. The van der Waals surface area contributed by atoms with Crippen LogP contribution in [0.25, 0.3) is 0 Å². The molecule has 64 valence electrons. The summed E-state index contributed by atoms with van der Waals surface area (Å²) in [6, 6.07) is 2.04. The van der Waals surface area contributed by atoms with E-state index < -0.39 is 0 Å². The van der Waals surface area contributed by atoms with Gasteiger partial charge in [-0.3, -0.25) is 0 Å². The number of aromatic nitrogens is 2. The van der Waals surface area contributed by atoms with Gasteiger partial charge in [0.2, 0.25) is 5.28 Å². The van der Waals surface area contributed by atoms with E-state index >= 15 is 0 Å². The fourth-order valence-electron chi connectivity index (χ4n) is 1.47. The van der Waals surface area contributed by atoms with Crippen LogP contribution in [0.1, 0.15) is 36.6 Å². The maximum absolute atomic E-state index is 5.75. The number of hydrogen-bond donors (Lipinski definition) is 0. The first-order chi connectivity index (χ1) is 5.75. The Hall–Kier alpha value is -0.630. The minimum atomic E-state index is 0.386. The van der Waals surface area contributed by atoms with Gasteiger partial charge in [0.15, 0.2) is 0 Å². The molecule has 1 heterocycles. The predicted molar refractivity (Wildman–Crippen MR) is 48.4 cm³/mol. The van der Waals surface area contributed by atoms with Gasteiger partial charge in [0.25, 0.3) is 0 Å². The zero-order chi connectivity index (χ0) is 8.55. The summed E-state index contributed by atoms with van der Waals surface area (Å²) in [7, 11) is 0. The van der Waals surface area contributed by atoms with E-state index in [4.69, 9.17) is 11.6 Å². The Morgan fingerprint density at radius 1 is 1.42 bits per heavy atom. The van der Waals surface area contributed by atoms with E-state index in [1.54, 1.807) is 0 Å². The van der Waals surface area contributed by atoms with Crippen molar-refractivity contribution in [2.45, 2.75) is 32.1 Å². The van der Waals surface area contributed by atoms with E-state index in [2.05, 4.69) is 9.97 Å². The minimum absolute atomic E-state index is 0.386. The Kier molecular flexibility index (Phi) is 2.01. The number of aryl methyl sites for hydroxylation is 1. The molecule has 0 aliphatic heterocycles. The highest BCUT2D eigenvalue weighted by molar-refractivity contribution is 6.28. The first-order valence-electron chi connectivity index (χ1n) is 4.27. The van der Waals surface area contributed by atoms with E-state index in [0.717, 1.165) is 11.4 Å². The molecule has 2 nitrogen and oxygen atoms in total. The monoisotopic (exact) mass is 182 g/mol. The smallest absolute Gasteiger partial charge is 0.222 e. The Balaban J connectivity index is 2.30. The highest BCUT2D eigenvalue weighted by Crippen LogP contribution is 2.35. The van der Waals surface area contributed by atoms with Gasteiger partial charge in [-0.15, -0.1) is 0 Å². The molecule has 0 unspecified atom stereocenters.